The van der Waals surface area contributed by atoms with Crippen LogP contribution in [0.4, 0.5) is 4.39 Å². The van der Waals surface area contributed by atoms with E-state index in [1.54, 1.807) is 0 Å². The van der Waals surface area contributed by atoms with Gasteiger partial charge in [0.1, 0.15) is 5.82 Å². The van der Waals surface area contributed by atoms with Crippen LogP contribution < -0.4 is 0 Å². The molecule has 0 amide bonds. The predicted octanol–water partition coefficient (Wildman–Crippen LogP) is 3.05. The van der Waals surface area contributed by atoms with Crippen LogP contribution in [-0.4, -0.2) is 12.6 Å². The maximum absolute atomic E-state index is 13.1. The molecule has 4 heteroatoms. The van der Waals surface area contributed by atoms with Gasteiger partial charge in [0, 0.05) is 5.02 Å². The molecular formula is C10H10ClFO2. The molecule has 0 heterocycles. The van der Waals surface area contributed by atoms with Crippen molar-refractivity contribution in [1.29, 1.82) is 0 Å². The van der Waals surface area contributed by atoms with Crippen LogP contribution in [0.5, 0.6) is 0 Å². The zero-order valence-electron chi connectivity index (χ0n) is 7.72. The quantitative estimate of drug-likeness (QED) is 0.726. The van der Waals surface area contributed by atoms with Gasteiger partial charge in [0.25, 0.3) is 0 Å². The van der Waals surface area contributed by atoms with E-state index < -0.39 is 11.8 Å². The smallest absolute Gasteiger partial charge is 0.341 e. The van der Waals surface area contributed by atoms with E-state index in [0.29, 0.717) is 11.4 Å². The van der Waals surface area contributed by atoms with E-state index in [-0.39, 0.29) is 12.2 Å². The van der Waals surface area contributed by atoms with Crippen molar-refractivity contribution in [3.8, 4) is 0 Å². The van der Waals surface area contributed by atoms with Gasteiger partial charge in [-0.05, 0) is 24.6 Å². The van der Waals surface area contributed by atoms with Crippen molar-refractivity contribution in [3.05, 3.63) is 34.6 Å². The fourth-order valence-electron chi connectivity index (χ4n) is 0.926. The monoisotopic (exact) mass is 216 g/mol. The van der Waals surface area contributed by atoms with Crippen LogP contribution in [-0.2, 0) is 4.74 Å². The summed E-state index contributed by atoms with van der Waals surface area (Å²) in [5.74, 6) is -1.29. The van der Waals surface area contributed by atoms with E-state index in [9.17, 15) is 9.18 Å². The molecule has 1 aromatic carbocycles. The molecule has 0 saturated heterocycles. The molecule has 76 valence electrons. The molecule has 0 unspecified atom stereocenters. The van der Waals surface area contributed by atoms with Crippen LogP contribution >= 0.6 is 11.6 Å². The molecule has 0 N–H and O–H groups in total. The summed E-state index contributed by atoms with van der Waals surface area (Å²) in [4.78, 5) is 11.3. The summed E-state index contributed by atoms with van der Waals surface area (Å²) in [6, 6.07) is 3.78. The van der Waals surface area contributed by atoms with E-state index in [1.807, 2.05) is 6.92 Å². The highest BCUT2D eigenvalue weighted by atomic mass is 35.5. The maximum Gasteiger partial charge on any atom is 0.341 e. The van der Waals surface area contributed by atoms with Crippen molar-refractivity contribution in [1.82, 2.24) is 0 Å². The first-order valence-corrected chi connectivity index (χ1v) is 4.65. The molecule has 0 aliphatic carbocycles. The third-order valence-corrected chi connectivity index (χ3v) is 1.82. The zero-order chi connectivity index (χ0) is 10.6. The van der Waals surface area contributed by atoms with Gasteiger partial charge in [0.2, 0.25) is 0 Å². The first-order valence-electron chi connectivity index (χ1n) is 4.27. The maximum atomic E-state index is 13.1. The van der Waals surface area contributed by atoms with Crippen LogP contribution in [0.3, 0.4) is 0 Å². The minimum absolute atomic E-state index is 0.119. The van der Waals surface area contributed by atoms with Crippen molar-refractivity contribution in [2.45, 2.75) is 13.3 Å². The van der Waals surface area contributed by atoms with Crippen molar-refractivity contribution < 1.29 is 13.9 Å². The molecule has 0 aromatic heterocycles. The lowest BCUT2D eigenvalue weighted by Gasteiger charge is -2.04. The van der Waals surface area contributed by atoms with E-state index in [0.717, 1.165) is 6.07 Å². The van der Waals surface area contributed by atoms with Crippen LogP contribution in [0.15, 0.2) is 18.2 Å². The van der Waals surface area contributed by atoms with E-state index >= 15 is 0 Å². The Balaban J connectivity index is 2.83. The lowest BCUT2D eigenvalue weighted by molar-refractivity contribution is 0.0500. The van der Waals surface area contributed by atoms with Crippen LogP contribution in [0, 0.1) is 5.82 Å². The van der Waals surface area contributed by atoms with Gasteiger partial charge >= 0.3 is 5.97 Å². The molecule has 0 atom stereocenters. The molecule has 0 fully saturated rings. The van der Waals surface area contributed by atoms with Gasteiger partial charge in [-0.15, -0.1) is 0 Å². The first kappa shape index (κ1) is 11.0. The highest BCUT2D eigenvalue weighted by Gasteiger charge is 2.12. The molecule has 14 heavy (non-hydrogen) atoms. The van der Waals surface area contributed by atoms with Crippen molar-refractivity contribution >= 4 is 17.6 Å². The number of ether oxygens (including phenoxy) is 1. The topological polar surface area (TPSA) is 26.3 Å². The lowest BCUT2D eigenvalue weighted by Crippen LogP contribution is -2.08. The van der Waals surface area contributed by atoms with Crippen LogP contribution in [0.25, 0.3) is 0 Å². The molecule has 2 nitrogen and oxygen atoms in total. The standard InChI is InChI=1S/C10H10ClFO2/c1-2-5-14-10(13)8-6-7(11)3-4-9(8)12/h3-4,6H,2,5H2,1H3. The molecule has 0 radical (unpaired) electrons. The Hall–Kier alpha value is -1.09. The fraction of sp³-hybridized carbons (Fsp3) is 0.300. The third-order valence-electron chi connectivity index (χ3n) is 1.59. The highest BCUT2D eigenvalue weighted by molar-refractivity contribution is 6.30. The molecule has 1 aromatic rings. The second kappa shape index (κ2) is 4.96. The minimum Gasteiger partial charge on any atom is -0.462 e. The van der Waals surface area contributed by atoms with Gasteiger partial charge < -0.3 is 4.74 Å². The third kappa shape index (κ3) is 2.70. The Morgan fingerprint density at radius 2 is 2.29 bits per heavy atom. The predicted molar refractivity (Wildman–Crippen MR) is 52.0 cm³/mol. The molecule has 0 aliphatic rings. The van der Waals surface area contributed by atoms with E-state index in [1.165, 1.54) is 12.1 Å². The summed E-state index contributed by atoms with van der Waals surface area (Å²) >= 11 is 5.62. The minimum atomic E-state index is -0.674. The van der Waals surface area contributed by atoms with Gasteiger partial charge in [0.05, 0.1) is 12.2 Å². The van der Waals surface area contributed by atoms with Crippen LogP contribution in [0.1, 0.15) is 23.7 Å². The molecule has 0 bridgehead atoms. The highest BCUT2D eigenvalue weighted by Crippen LogP contribution is 2.15. The van der Waals surface area contributed by atoms with Crippen molar-refractivity contribution in [2.75, 3.05) is 6.61 Å². The van der Waals surface area contributed by atoms with E-state index in [2.05, 4.69) is 0 Å². The van der Waals surface area contributed by atoms with Gasteiger partial charge in [-0.1, -0.05) is 18.5 Å². The Kier molecular flexibility index (Phi) is 3.89. The molecule has 0 aliphatic heterocycles. The number of carbonyl (C=O) groups is 1. The Morgan fingerprint density at radius 1 is 1.57 bits per heavy atom. The molecule has 0 saturated carbocycles. The van der Waals surface area contributed by atoms with Gasteiger partial charge in [-0.25, -0.2) is 9.18 Å². The molecular weight excluding hydrogens is 207 g/mol. The second-order valence-electron chi connectivity index (χ2n) is 2.76. The number of hydrogen-bond acceptors (Lipinski definition) is 2. The van der Waals surface area contributed by atoms with Gasteiger partial charge in [-0.3, -0.25) is 0 Å². The summed E-state index contributed by atoms with van der Waals surface area (Å²) in [5.41, 5.74) is -0.119. The molecule has 1 rings (SSSR count). The number of esters is 1. The van der Waals surface area contributed by atoms with Crippen molar-refractivity contribution in [3.63, 3.8) is 0 Å². The fourth-order valence-corrected chi connectivity index (χ4v) is 1.10. The number of hydrogen-bond donors (Lipinski definition) is 0. The Morgan fingerprint density at radius 3 is 2.93 bits per heavy atom. The second-order valence-corrected chi connectivity index (χ2v) is 3.20. The number of benzene rings is 1. The van der Waals surface area contributed by atoms with Gasteiger partial charge in [0.15, 0.2) is 0 Å². The summed E-state index contributed by atoms with van der Waals surface area (Å²) in [6.07, 6.45) is 0.702. The number of rotatable bonds is 3. The lowest BCUT2D eigenvalue weighted by atomic mass is 10.2. The van der Waals surface area contributed by atoms with Crippen molar-refractivity contribution in [2.24, 2.45) is 0 Å². The SMILES string of the molecule is CCCOC(=O)c1cc(Cl)ccc1F. The number of halogens is 2. The number of carbonyl (C=O) groups excluding carboxylic acids is 1. The van der Waals surface area contributed by atoms with Gasteiger partial charge in [-0.2, -0.15) is 0 Å². The Bertz CT molecular complexity index is 339. The molecule has 0 spiro atoms. The largest absolute Gasteiger partial charge is 0.462 e. The average Bonchev–Trinajstić information content (AvgIpc) is 2.18. The first-order chi connectivity index (χ1) is 6.65. The summed E-state index contributed by atoms with van der Waals surface area (Å²) in [5, 5.41) is 0.315. The van der Waals surface area contributed by atoms with Crippen LogP contribution in [0.2, 0.25) is 5.02 Å². The summed E-state index contributed by atoms with van der Waals surface area (Å²) in [7, 11) is 0. The average molecular weight is 217 g/mol. The van der Waals surface area contributed by atoms with E-state index in [4.69, 9.17) is 16.3 Å². The zero-order valence-corrected chi connectivity index (χ0v) is 8.47. The normalized spacial score (nSPS) is 9.93. The Labute approximate surface area is 86.6 Å². The summed E-state index contributed by atoms with van der Waals surface area (Å²) < 4.78 is 17.9. The summed E-state index contributed by atoms with van der Waals surface area (Å²) in [6.45, 7) is 2.15.